The zero-order valence-electron chi connectivity index (χ0n) is 17.2. The first-order valence-electron chi connectivity index (χ1n) is 9.40. The maximum Gasteiger partial charge on any atom is 0.264 e. The molecule has 172 valence electrons. The highest BCUT2D eigenvalue weighted by atomic mass is 35.5. The lowest BCUT2D eigenvalue weighted by molar-refractivity contribution is -0.119. The van der Waals surface area contributed by atoms with Crippen molar-refractivity contribution in [3.8, 4) is 5.75 Å². The quantitative estimate of drug-likeness (QED) is 0.330. The molecular weight excluding hydrogens is 509 g/mol. The third kappa shape index (κ3) is 6.39. The highest BCUT2D eigenvalue weighted by Crippen LogP contribution is 2.27. The summed E-state index contributed by atoms with van der Waals surface area (Å²) in [5.74, 6) is -0.176. The van der Waals surface area contributed by atoms with E-state index < -0.39 is 22.5 Å². The van der Waals surface area contributed by atoms with Crippen LogP contribution in [0.25, 0.3) is 0 Å². The molecule has 3 aromatic carbocycles. The number of carbonyl (C=O) groups is 1. The van der Waals surface area contributed by atoms with Crippen LogP contribution in [0.15, 0.2) is 76.7 Å². The van der Waals surface area contributed by atoms with Gasteiger partial charge in [-0.3, -0.25) is 9.10 Å². The monoisotopic (exact) mass is 525 g/mol. The number of hydrogen-bond donors (Lipinski definition) is 1. The van der Waals surface area contributed by atoms with Gasteiger partial charge in [-0.25, -0.2) is 13.8 Å². The molecule has 3 aromatic rings. The topological polar surface area (TPSA) is 88.1 Å². The Labute approximate surface area is 206 Å². The fourth-order valence-electron chi connectivity index (χ4n) is 2.77. The molecular formula is C22H18Cl3N3O4S. The first kappa shape index (κ1) is 24.9. The minimum atomic E-state index is -4.11. The van der Waals surface area contributed by atoms with Crippen molar-refractivity contribution in [3.05, 3.63) is 87.4 Å². The van der Waals surface area contributed by atoms with E-state index >= 15 is 0 Å². The second-order valence-electron chi connectivity index (χ2n) is 6.63. The summed E-state index contributed by atoms with van der Waals surface area (Å²) in [4.78, 5) is 12.6. The molecule has 0 aliphatic heterocycles. The molecule has 0 heterocycles. The maximum atomic E-state index is 13.3. The predicted molar refractivity (Wildman–Crippen MR) is 131 cm³/mol. The zero-order valence-corrected chi connectivity index (χ0v) is 20.3. The minimum absolute atomic E-state index is 0.0208. The maximum absolute atomic E-state index is 13.3. The number of rotatable bonds is 8. The van der Waals surface area contributed by atoms with E-state index in [9.17, 15) is 13.2 Å². The molecule has 0 atom stereocenters. The number of hydrogen-bond acceptors (Lipinski definition) is 5. The normalized spacial score (nSPS) is 11.4. The van der Waals surface area contributed by atoms with Gasteiger partial charge in [0.15, 0.2) is 0 Å². The van der Waals surface area contributed by atoms with E-state index in [1.165, 1.54) is 55.8 Å². The molecule has 1 amide bonds. The van der Waals surface area contributed by atoms with Gasteiger partial charge in [-0.05, 0) is 54.6 Å². The Bertz CT molecular complexity index is 1280. The van der Waals surface area contributed by atoms with Crippen molar-refractivity contribution in [2.75, 3.05) is 18.0 Å². The largest absolute Gasteiger partial charge is 0.497 e. The average molecular weight is 527 g/mol. The van der Waals surface area contributed by atoms with Crippen LogP contribution in [0.4, 0.5) is 5.69 Å². The Hall–Kier alpha value is -2.78. The van der Waals surface area contributed by atoms with Gasteiger partial charge in [0.25, 0.3) is 15.9 Å². The van der Waals surface area contributed by atoms with Crippen molar-refractivity contribution in [3.63, 3.8) is 0 Å². The molecule has 0 radical (unpaired) electrons. The number of halogens is 3. The number of nitrogens with one attached hydrogen (secondary N) is 1. The van der Waals surface area contributed by atoms with E-state index in [4.69, 9.17) is 39.5 Å². The fraction of sp³-hybridized carbons (Fsp3) is 0.0909. The lowest BCUT2D eigenvalue weighted by Gasteiger charge is -2.24. The van der Waals surface area contributed by atoms with Gasteiger partial charge in [-0.15, -0.1) is 0 Å². The molecule has 0 aliphatic carbocycles. The Morgan fingerprint density at radius 3 is 2.36 bits per heavy atom. The summed E-state index contributed by atoms with van der Waals surface area (Å²) in [5.41, 5.74) is 3.06. The molecule has 0 saturated carbocycles. The van der Waals surface area contributed by atoms with Crippen LogP contribution in [0.3, 0.4) is 0 Å². The van der Waals surface area contributed by atoms with Gasteiger partial charge in [0.1, 0.15) is 12.3 Å². The second-order valence-corrected chi connectivity index (χ2v) is 9.77. The van der Waals surface area contributed by atoms with Crippen molar-refractivity contribution >= 4 is 62.6 Å². The SMILES string of the molecule is COc1ccc(S(=O)(=O)N(CC(=O)N/N=C\c2ccc(Cl)cc2Cl)c2cccc(Cl)c2)cc1. The third-order valence-electron chi connectivity index (χ3n) is 4.39. The molecule has 0 aliphatic rings. The number of carbonyl (C=O) groups excluding carboxylic acids is 1. The number of anilines is 1. The molecule has 11 heteroatoms. The van der Waals surface area contributed by atoms with Gasteiger partial charge in [0.2, 0.25) is 0 Å². The number of benzene rings is 3. The molecule has 0 unspecified atom stereocenters. The molecule has 0 saturated heterocycles. The fourth-order valence-corrected chi connectivity index (χ4v) is 4.82. The Kier molecular flexibility index (Phi) is 8.20. The van der Waals surface area contributed by atoms with Gasteiger partial charge < -0.3 is 4.74 Å². The van der Waals surface area contributed by atoms with E-state index in [0.29, 0.717) is 26.4 Å². The van der Waals surface area contributed by atoms with Crippen molar-refractivity contribution in [1.29, 1.82) is 0 Å². The number of methoxy groups -OCH3 is 1. The Balaban J connectivity index is 1.85. The van der Waals surface area contributed by atoms with E-state index in [2.05, 4.69) is 10.5 Å². The van der Waals surface area contributed by atoms with Crippen LogP contribution in [0.5, 0.6) is 5.75 Å². The predicted octanol–water partition coefficient (Wildman–Crippen LogP) is 5.00. The van der Waals surface area contributed by atoms with Gasteiger partial charge in [-0.2, -0.15) is 5.10 Å². The van der Waals surface area contributed by atoms with E-state index in [1.807, 2.05) is 0 Å². The zero-order chi connectivity index (χ0) is 24.0. The number of ether oxygens (including phenoxy) is 1. The molecule has 0 aromatic heterocycles. The molecule has 3 rings (SSSR count). The molecule has 0 fully saturated rings. The smallest absolute Gasteiger partial charge is 0.264 e. The van der Waals surface area contributed by atoms with Gasteiger partial charge in [0.05, 0.1) is 28.9 Å². The summed E-state index contributed by atoms with van der Waals surface area (Å²) >= 11 is 18.0. The van der Waals surface area contributed by atoms with Crippen molar-refractivity contribution in [1.82, 2.24) is 5.43 Å². The summed E-state index contributed by atoms with van der Waals surface area (Å²) in [6.07, 6.45) is 1.33. The number of nitrogens with zero attached hydrogens (tertiary/aromatic N) is 2. The highest BCUT2D eigenvalue weighted by molar-refractivity contribution is 7.92. The third-order valence-corrected chi connectivity index (χ3v) is 6.97. The number of amides is 1. The van der Waals surface area contributed by atoms with Crippen molar-refractivity contribution in [2.45, 2.75) is 4.90 Å². The summed E-state index contributed by atoms with van der Waals surface area (Å²) < 4.78 is 32.7. The standard InChI is InChI=1S/C22H18Cl3N3O4S/c1-32-19-7-9-20(10-8-19)33(30,31)28(18-4-2-3-16(23)11-18)14-22(29)27-26-13-15-5-6-17(24)12-21(15)25/h2-13H,14H2,1H3,(H,27,29)/b26-13-. The molecule has 1 N–H and O–H groups in total. The summed E-state index contributed by atoms with van der Waals surface area (Å²) in [5, 5.41) is 4.99. The lowest BCUT2D eigenvalue weighted by atomic mass is 10.2. The van der Waals surface area contributed by atoms with Gasteiger partial charge in [0, 0.05) is 15.6 Å². The van der Waals surface area contributed by atoms with Crippen LogP contribution in [-0.2, 0) is 14.8 Å². The Morgan fingerprint density at radius 2 is 1.73 bits per heavy atom. The van der Waals surface area contributed by atoms with Crippen LogP contribution in [0, 0.1) is 0 Å². The highest BCUT2D eigenvalue weighted by Gasteiger charge is 2.27. The van der Waals surface area contributed by atoms with Crippen LogP contribution < -0.4 is 14.5 Å². The van der Waals surface area contributed by atoms with Gasteiger partial charge >= 0.3 is 0 Å². The van der Waals surface area contributed by atoms with E-state index in [1.54, 1.807) is 24.3 Å². The number of hydrazone groups is 1. The first-order valence-corrected chi connectivity index (χ1v) is 12.0. The van der Waals surface area contributed by atoms with Crippen LogP contribution in [0.1, 0.15) is 5.56 Å². The lowest BCUT2D eigenvalue weighted by Crippen LogP contribution is -2.39. The Morgan fingerprint density at radius 1 is 1.03 bits per heavy atom. The summed E-state index contributed by atoms with van der Waals surface area (Å²) in [6, 6.07) is 16.8. The minimum Gasteiger partial charge on any atom is -0.497 e. The molecule has 0 bridgehead atoms. The molecule has 33 heavy (non-hydrogen) atoms. The molecule has 0 spiro atoms. The van der Waals surface area contributed by atoms with Gasteiger partial charge in [-0.1, -0.05) is 46.9 Å². The van der Waals surface area contributed by atoms with E-state index in [-0.39, 0.29) is 10.6 Å². The van der Waals surface area contributed by atoms with Crippen LogP contribution in [-0.4, -0.2) is 34.2 Å². The molecule has 7 nitrogen and oxygen atoms in total. The average Bonchev–Trinajstić information content (AvgIpc) is 2.79. The van der Waals surface area contributed by atoms with Crippen molar-refractivity contribution in [2.24, 2.45) is 5.10 Å². The summed E-state index contributed by atoms with van der Waals surface area (Å²) in [7, 11) is -2.63. The summed E-state index contributed by atoms with van der Waals surface area (Å²) in [6.45, 7) is -0.541. The number of sulfonamides is 1. The van der Waals surface area contributed by atoms with Crippen LogP contribution >= 0.6 is 34.8 Å². The van der Waals surface area contributed by atoms with Crippen LogP contribution in [0.2, 0.25) is 15.1 Å². The van der Waals surface area contributed by atoms with Crippen molar-refractivity contribution < 1.29 is 17.9 Å². The first-order chi connectivity index (χ1) is 15.7. The van der Waals surface area contributed by atoms with E-state index in [0.717, 1.165) is 4.31 Å². The second kappa shape index (κ2) is 10.9.